The Kier molecular flexibility index (Phi) is 32.2. The topological polar surface area (TPSA) is 321 Å². The number of H-pyrrole nitrogens is 5. The van der Waals surface area contributed by atoms with Gasteiger partial charge in [-0.25, -0.2) is 8.42 Å². The number of amides is 6. The van der Waals surface area contributed by atoms with Crippen LogP contribution in [0.5, 0.6) is 0 Å². The zero-order valence-electron chi connectivity index (χ0n) is 85.2. The molecule has 0 spiro atoms. The first kappa shape index (κ1) is 110. The second kappa shape index (κ2) is 43.8. The van der Waals surface area contributed by atoms with Gasteiger partial charge in [0.2, 0.25) is 15.9 Å². The molecule has 10 aliphatic rings. The third-order valence-corrected chi connectivity index (χ3v) is 32.8. The minimum absolute atomic E-state index is 0.00430. The zero-order valence-corrected chi connectivity index (χ0v) is 86.0. The lowest BCUT2D eigenvalue weighted by Crippen LogP contribution is -2.41. The number of fused-ring (bicyclic) bond motifs is 5. The van der Waals surface area contributed by atoms with Crippen LogP contribution in [-0.2, 0) is 111 Å². The SMILES string of the molecule is CC(C)(C)C(=O)N1Cc2[nH]nc(C(=O)N3CCC(c4ccccc4C(F)(F)F)CC3)c2C1.CC(C)(C)N1Cc2[nH]nc(C(=O)N3CCC(c4ccccc4C(F)(F)F)CC3)c2C1.CC(C)(C)S(=O)(=O)N1Cc2[nH]nc(C(=O)N3CCC(c4ccccc4C(F)(F)F)CC3)c2C1.CN1CCc2[nH]nc(C(=O)N3CCC(c4ccccc4C(F)(F)F)CC3)c2C1.O=C(c1n[nH]c2c1CNCC2)N1CCC(c2ccccc2C(F)(F)F)CC1. The van der Waals surface area contributed by atoms with Crippen LogP contribution in [0.25, 0.3) is 0 Å². The molecule has 28 nitrogen and oxygen atoms in total. The summed E-state index contributed by atoms with van der Waals surface area (Å²) in [7, 11) is -1.56. The van der Waals surface area contributed by atoms with E-state index in [2.05, 4.69) is 86.9 Å². The van der Waals surface area contributed by atoms with Crippen molar-refractivity contribution < 1.29 is 103 Å². The van der Waals surface area contributed by atoms with Crippen molar-refractivity contribution in [1.29, 1.82) is 0 Å². The molecule has 5 saturated heterocycles. The Labute approximate surface area is 859 Å². The van der Waals surface area contributed by atoms with E-state index in [1.165, 1.54) is 46.8 Å². The Morgan fingerprint density at radius 1 is 0.307 bits per heavy atom. The van der Waals surface area contributed by atoms with Crippen molar-refractivity contribution in [2.75, 3.05) is 85.6 Å². The molecule has 20 rings (SSSR count). The van der Waals surface area contributed by atoms with Crippen molar-refractivity contribution in [3.63, 3.8) is 0 Å². The normalized spacial score (nSPS) is 18.4. The molecule has 6 amide bonds. The van der Waals surface area contributed by atoms with Gasteiger partial charge in [0, 0.05) is 174 Å². The number of nitrogens with one attached hydrogen (secondary N) is 6. The second-order valence-corrected chi connectivity index (χ2v) is 45.8. The number of likely N-dealkylation sites (tertiary alicyclic amines) is 5. The lowest BCUT2D eigenvalue weighted by atomic mass is 9.86. The number of aromatic nitrogens is 10. The predicted octanol–water partition coefficient (Wildman–Crippen LogP) is 19.3. The quantitative estimate of drug-likeness (QED) is 0.0655. The molecule has 0 bridgehead atoms. The Morgan fingerprint density at radius 2 is 0.573 bits per heavy atom. The first-order valence-electron chi connectivity index (χ1n) is 50.6. The second-order valence-electron chi connectivity index (χ2n) is 43.1. The summed E-state index contributed by atoms with van der Waals surface area (Å²) in [5.41, 5.74) is 8.38. The Bertz CT molecular complexity index is 6660. The van der Waals surface area contributed by atoms with Gasteiger partial charge in [0.25, 0.3) is 29.5 Å². The third-order valence-electron chi connectivity index (χ3n) is 30.3. The molecule has 5 aromatic carbocycles. The molecule has 10 aliphatic heterocycles. The number of aromatic amines is 5. The van der Waals surface area contributed by atoms with Gasteiger partial charge in [0.15, 0.2) is 28.5 Å². The van der Waals surface area contributed by atoms with Crippen molar-refractivity contribution in [2.45, 2.75) is 262 Å². The summed E-state index contributed by atoms with van der Waals surface area (Å²) in [6.07, 6.45) is -15.4. The van der Waals surface area contributed by atoms with E-state index in [0.29, 0.717) is 219 Å². The van der Waals surface area contributed by atoms with Crippen LogP contribution < -0.4 is 5.32 Å². The first-order valence-corrected chi connectivity index (χ1v) is 52.1. The fourth-order valence-electron chi connectivity index (χ4n) is 21.9. The van der Waals surface area contributed by atoms with Gasteiger partial charge in [-0.2, -0.15) is 95.7 Å². The molecule has 150 heavy (non-hydrogen) atoms. The maximum Gasteiger partial charge on any atom is 0.416 e. The summed E-state index contributed by atoms with van der Waals surface area (Å²) in [6.45, 7) is 26.2. The summed E-state index contributed by atoms with van der Waals surface area (Å²) in [4.78, 5) is 92.3. The van der Waals surface area contributed by atoms with E-state index in [0.717, 1.165) is 108 Å². The summed E-state index contributed by atoms with van der Waals surface area (Å²) in [5, 5.41) is 38.8. The van der Waals surface area contributed by atoms with Gasteiger partial charge < -0.3 is 39.6 Å². The summed E-state index contributed by atoms with van der Waals surface area (Å²) < 4.78 is 226. The van der Waals surface area contributed by atoms with E-state index in [1.807, 2.05) is 27.8 Å². The number of piperidine rings is 5. The average Bonchev–Trinajstić information content (AvgIpc) is 1.59. The average molecular weight is 2120 g/mol. The summed E-state index contributed by atoms with van der Waals surface area (Å²) >= 11 is 0. The number of hydrogen-bond donors (Lipinski definition) is 6. The molecule has 44 heteroatoms. The molecule has 0 aliphatic carbocycles. The Morgan fingerprint density at radius 3 is 0.873 bits per heavy atom. The number of sulfonamides is 1. The molecule has 0 atom stereocenters. The molecule has 0 radical (unpaired) electrons. The number of alkyl halides is 15. The van der Waals surface area contributed by atoms with Gasteiger partial charge in [-0.3, -0.25) is 59.2 Å². The highest BCUT2D eigenvalue weighted by molar-refractivity contribution is 7.90. The Balaban J connectivity index is 0.000000134. The molecule has 0 saturated carbocycles. The van der Waals surface area contributed by atoms with Crippen LogP contribution in [0.2, 0.25) is 0 Å². The van der Waals surface area contributed by atoms with Gasteiger partial charge in [-0.15, -0.1) is 0 Å². The van der Waals surface area contributed by atoms with E-state index in [1.54, 1.807) is 98.7 Å². The molecule has 0 unspecified atom stereocenters. The van der Waals surface area contributed by atoms with E-state index < -0.39 is 78.9 Å². The highest BCUT2D eigenvalue weighted by atomic mass is 32.2. The third kappa shape index (κ3) is 24.2. The maximum atomic E-state index is 13.4. The summed E-state index contributed by atoms with van der Waals surface area (Å²) in [6, 6.07) is 28.6. The molecule has 5 fully saturated rings. The van der Waals surface area contributed by atoms with Crippen LogP contribution >= 0.6 is 0 Å². The molecular formula is C106H125F15N20O8S. The van der Waals surface area contributed by atoms with Crippen LogP contribution in [0.4, 0.5) is 65.9 Å². The zero-order chi connectivity index (χ0) is 108. The van der Waals surface area contributed by atoms with Crippen LogP contribution in [0, 0.1) is 5.41 Å². The fraction of sp³-hybridized carbons (Fsp3) is 0.519. The summed E-state index contributed by atoms with van der Waals surface area (Å²) in [5.74, 6) is -2.09. The van der Waals surface area contributed by atoms with Crippen molar-refractivity contribution in [3.05, 3.63) is 262 Å². The van der Waals surface area contributed by atoms with E-state index in [4.69, 9.17) is 0 Å². The minimum Gasteiger partial charge on any atom is -0.337 e. The van der Waals surface area contributed by atoms with E-state index >= 15 is 0 Å². The van der Waals surface area contributed by atoms with Crippen molar-refractivity contribution >= 4 is 45.5 Å². The smallest absolute Gasteiger partial charge is 0.337 e. The highest BCUT2D eigenvalue weighted by Gasteiger charge is 2.48. The van der Waals surface area contributed by atoms with Gasteiger partial charge in [-0.1, -0.05) is 112 Å². The number of nitrogens with zero attached hydrogens (tertiary/aromatic N) is 14. The number of likely N-dealkylation sites (N-methyl/N-ethyl adjacent to an activating group) is 1. The molecule has 5 aromatic heterocycles. The van der Waals surface area contributed by atoms with Gasteiger partial charge in [0.1, 0.15) is 0 Å². The molecule has 808 valence electrons. The number of halogens is 15. The van der Waals surface area contributed by atoms with Crippen molar-refractivity contribution in [3.8, 4) is 0 Å². The number of carbonyl (C=O) groups is 6. The van der Waals surface area contributed by atoms with Crippen LogP contribution in [0.1, 0.15) is 320 Å². The van der Waals surface area contributed by atoms with Crippen LogP contribution in [0.15, 0.2) is 121 Å². The van der Waals surface area contributed by atoms with Crippen LogP contribution in [0.3, 0.4) is 0 Å². The monoisotopic (exact) mass is 2120 g/mol. The van der Waals surface area contributed by atoms with Crippen LogP contribution in [-0.4, -0.2) is 234 Å². The standard InChI is InChI=1S/C23H27F3N4O2.C22H27F3N4O3S.C22H27F3N4O.C20H23F3N4O.C19H21F3N4O/c1-22(2,3)21(32)30-12-16-18(13-30)27-28-19(16)20(31)29-10-8-14(9-11-29)15-6-4-5-7-17(15)23(24,25)26;1-21(2,3)33(31,32)29-12-16-18(13-29)26-27-19(16)20(30)28-10-8-14(9-11-28)15-6-4-5-7-17(15)22(23,24)25;1-21(2,3)29-12-16-18(13-29)26-27-19(16)20(30)28-10-8-14(9-11-28)15-6-4-5-7-17(15)22(23,24)25;1-26-9-8-17-15(12-26)18(25-24-17)19(28)27-10-6-13(7-11-27)14-4-2-3-5-16(14)20(21,22)23;20-19(21,22)15-4-2-1-3-13(15)12-6-9-26(10-7-12)18(27)17-14-11-23-8-5-16(14)24-25-17/h4-7,14H,8-13H2,1-3H3,(H,27,28);4-7,14H,8-13H2,1-3H3,(H,26,27);4-7,14H,8-13H2,1-3H3,(H,26,27);2-5,13H,6-12H2,1H3,(H,24,25);1-4,12,23H,5-11H2,(H,24,25). The van der Waals surface area contributed by atoms with E-state index in [-0.39, 0.29) is 94.9 Å². The maximum absolute atomic E-state index is 13.4. The first-order chi connectivity index (χ1) is 70.6. The molecule has 6 N–H and O–H groups in total. The predicted molar refractivity (Wildman–Crippen MR) is 526 cm³/mol. The fourth-order valence-corrected chi connectivity index (χ4v) is 23.2. The highest BCUT2D eigenvalue weighted by Crippen LogP contribution is 2.48. The van der Waals surface area contributed by atoms with Crippen molar-refractivity contribution in [1.82, 2.24) is 99.8 Å². The number of benzene rings is 5. The van der Waals surface area contributed by atoms with Crippen molar-refractivity contribution in [2.24, 2.45) is 5.41 Å². The molecule has 15 heterocycles. The van der Waals surface area contributed by atoms with Gasteiger partial charge >= 0.3 is 30.9 Å². The lowest BCUT2D eigenvalue weighted by Gasteiger charge is -2.33. The Hall–Kier alpha value is -12.3. The number of rotatable bonds is 11. The number of hydrogen-bond acceptors (Lipinski definition) is 16. The lowest BCUT2D eigenvalue weighted by molar-refractivity contribution is -0.140. The number of carbonyl (C=O) groups excluding carboxylic acids is 6. The van der Waals surface area contributed by atoms with E-state index in [9.17, 15) is 103 Å². The van der Waals surface area contributed by atoms with Gasteiger partial charge in [0.05, 0.1) is 69.3 Å². The molecule has 10 aromatic rings. The molecular weight excluding hydrogens is 2000 g/mol. The minimum atomic E-state index is -4.42. The largest absolute Gasteiger partial charge is 0.416 e. The van der Waals surface area contributed by atoms with Gasteiger partial charge in [-0.05, 0) is 201 Å².